The fourth-order valence-electron chi connectivity index (χ4n) is 1.54. The van der Waals surface area contributed by atoms with Crippen molar-refractivity contribution in [3.05, 3.63) is 36.0 Å². The normalized spacial score (nSPS) is 12.8. The van der Waals surface area contributed by atoms with Gasteiger partial charge >= 0.3 is 0 Å². The molecule has 0 saturated carbocycles. The molecule has 0 saturated heterocycles. The van der Waals surface area contributed by atoms with Gasteiger partial charge in [0.05, 0.1) is 6.04 Å². The van der Waals surface area contributed by atoms with E-state index in [9.17, 15) is 8.78 Å². The molecule has 15 heavy (non-hydrogen) atoms. The van der Waals surface area contributed by atoms with Crippen molar-refractivity contribution in [3.63, 3.8) is 0 Å². The summed E-state index contributed by atoms with van der Waals surface area (Å²) in [7, 11) is 0. The molecule has 1 aromatic carbocycles. The standard InChI is InChI=1S/C10H10F2N2.ClH/c11-10(12)9(13)7-2-1-3-8-6(7)4-5-14-8;/h1-5,9-10,14H,13H2;1H/t9-;/m0./s1. The molecule has 0 fully saturated rings. The van der Waals surface area contributed by atoms with Crippen molar-refractivity contribution in [1.82, 2.24) is 4.98 Å². The van der Waals surface area contributed by atoms with Crippen LogP contribution in [-0.2, 0) is 0 Å². The molecule has 3 N–H and O–H groups in total. The van der Waals surface area contributed by atoms with Gasteiger partial charge in [-0.1, -0.05) is 12.1 Å². The topological polar surface area (TPSA) is 41.8 Å². The number of alkyl halides is 2. The van der Waals surface area contributed by atoms with Crippen LogP contribution in [-0.4, -0.2) is 11.4 Å². The fourth-order valence-corrected chi connectivity index (χ4v) is 1.54. The second kappa shape index (κ2) is 4.59. The SMILES string of the molecule is Cl.N[C@@H](c1cccc2[nH]ccc12)C(F)F. The average Bonchev–Trinajstić information content (AvgIpc) is 2.63. The molecule has 0 aliphatic rings. The van der Waals surface area contributed by atoms with Gasteiger partial charge in [-0.2, -0.15) is 0 Å². The van der Waals surface area contributed by atoms with Gasteiger partial charge in [-0.15, -0.1) is 12.4 Å². The number of fused-ring (bicyclic) bond motifs is 1. The lowest BCUT2D eigenvalue weighted by atomic mass is 10.0. The summed E-state index contributed by atoms with van der Waals surface area (Å²) in [5, 5.41) is 0.764. The maximum absolute atomic E-state index is 12.4. The number of hydrogen-bond acceptors (Lipinski definition) is 1. The van der Waals surface area contributed by atoms with Crippen LogP contribution >= 0.6 is 12.4 Å². The van der Waals surface area contributed by atoms with E-state index >= 15 is 0 Å². The van der Waals surface area contributed by atoms with Gasteiger partial charge in [-0.3, -0.25) is 0 Å². The van der Waals surface area contributed by atoms with Gasteiger partial charge in [0.15, 0.2) is 0 Å². The van der Waals surface area contributed by atoms with E-state index in [1.54, 1.807) is 24.4 Å². The van der Waals surface area contributed by atoms with Crippen molar-refractivity contribution in [3.8, 4) is 0 Å². The first-order chi connectivity index (χ1) is 6.70. The van der Waals surface area contributed by atoms with Gasteiger partial charge in [0, 0.05) is 17.1 Å². The molecule has 2 aromatic rings. The monoisotopic (exact) mass is 232 g/mol. The Labute approximate surface area is 91.9 Å². The first kappa shape index (κ1) is 11.9. The van der Waals surface area contributed by atoms with Crippen LogP contribution < -0.4 is 5.73 Å². The van der Waals surface area contributed by atoms with Crippen LogP contribution in [0.1, 0.15) is 11.6 Å². The smallest absolute Gasteiger partial charge is 0.257 e. The van der Waals surface area contributed by atoms with Gasteiger partial charge in [-0.25, -0.2) is 8.78 Å². The lowest BCUT2D eigenvalue weighted by Crippen LogP contribution is -2.18. The van der Waals surface area contributed by atoms with E-state index in [4.69, 9.17) is 5.73 Å². The maximum Gasteiger partial charge on any atom is 0.257 e. The maximum atomic E-state index is 12.4. The number of rotatable bonds is 2. The summed E-state index contributed by atoms with van der Waals surface area (Å²) in [6.45, 7) is 0. The molecule has 0 aliphatic carbocycles. The van der Waals surface area contributed by atoms with Crippen LogP contribution in [0, 0.1) is 0 Å². The Morgan fingerprint density at radius 1 is 1.20 bits per heavy atom. The molecule has 0 unspecified atom stereocenters. The highest BCUT2D eigenvalue weighted by Gasteiger charge is 2.19. The number of halogens is 3. The zero-order chi connectivity index (χ0) is 10.1. The minimum Gasteiger partial charge on any atom is -0.361 e. The van der Waals surface area contributed by atoms with E-state index in [0.29, 0.717) is 5.56 Å². The summed E-state index contributed by atoms with van der Waals surface area (Å²) in [5.74, 6) is 0. The summed E-state index contributed by atoms with van der Waals surface area (Å²) in [6.07, 6.45) is -0.817. The number of aromatic amines is 1. The molecule has 2 rings (SSSR count). The van der Waals surface area contributed by atoms with E-state index in [0.717, 1.165) is 10.9 Å². The van der Waals surface area contributed by atoms with Crippen LogP contribution in [0.4, 0.5) is 8.78 Å². The summed E-state index contributed by atoms with van der Waals surface area (Å²) in [5.41, 5.74) is 6.72. The van der Waals surface area contributed by atoms with E-state index in [1.807, 2.05) is 6.07 Å². The molecule has 82 valence electrons. The van der Waals surface area contributed by atoms with E-state index in [1.165, 1.54) is 0 Å². The highest BCUT2D eigenvalue weighted by Crippen LogP contribution is 2.25. The number of H-pyrrole nitrogens is 1. The number of benzene rings is 1. The van der Waals surface area contributed by atoms with Crippen molar-refractivity contribution in [2.75, 3.05) is 0 Å². The predicted octanol–water partition coefficient (Wildman–Crippen LogP) is 2.85. The van der Waals surface area contributed by atoms with Gasteiger partial charge in [0.25, 0.3) is 6.43 Å². The Balaban J connectivity index is 0.00000112. The Kier molecular flexibility index (Phi) is 3.66. The average molecular weight is 233 g/mol. The molecule has 0 aliphatic heterocycles. The van der Waals surface area contributed by atoms with Crippen LogP contribution in [0.15, 0.2) is 30.5 Å². The van der Waals surface area contributed by atoms with E-state index in [-0.39, 0.29) is 12.4 Å². The number of aromatic nitrogens is 1. The first-order valence-corrected chi connectivity index (χ1v) is 4.30. The van der Waals surface area contributed by atoms with Crippen molar-refractivity contribution >= 4 is 23.3 Å². The van der Waals surface area contributed by atoms with E-state index < -0.39 is 12.5 Å². The third-order valence-electron chi connectivity index (χ3n) is 2.26. The second-order valence-electron chi connectivity index (χ2n) is 3.15. The third-order valence-corrected chi connectivity index (χ3v) is 2.26. The predicted molar refractivity (Wildman–Crippen MR) is 58.5 cm³/mol. The van der Waals surface area contributed by atoms with Gasteiger partial charge in [-0.05, 0) is 17.7 Å². The second-order valence-corrected chi connectivity index (χ2v) is 3.15. The van der Waals surface area contributed by atoms with Crippen molar-refractivity contribution < 1.29 is 8.78 Å². The van der Waals surface area contributed by atoms with Crippen molar-refractivity contribution in [1.29, 1.82) is 0 Å². The molecule has 0 amide bonds. The molecule has 1 atom stereocenters. The molecule has 5 heteroatoms. The van der Waals surface area contributed by atoms with E-state index in [2.05, 4.69) is 4.98 Å². The number of hydrogen-bond donors (Lipinski definition) is 2. The third kappa shape index (κ3) is 2.11. The van der Waals surface area contributed by atoms with Gasteiger partial charge in [0.1, 0.15) is 0 Å². The Morgan fingerprint density at radius 3 is 2.60 bits per heavy atom. The Hall–Kier alpha value is -1.13. The van der Waals surface area contributed by atoms with Crippen molar-refractivity contribution in [2.24, 2.45) is 5.73 Å². The molecular formula is C10H11ClF2N2. The van der Waals surface area contributed by atoms with Crippen molar-refractivity contribution in [2.45, 2.75) is 12.5 Å². The fraction of sp³-hybridized carbons (Fsp3) is 0.200. The first-order valence-electron chi connectivity index (χ1n) is 4.30. The van der Waals surface area contributed by atoms with Crippen LogP contribution in [0.2, 0.25) is 0 Å². The minimum atomic E-state index is -2.53. The Bertz CT molecular complexity index is 442. The van der Waals surface area contributed by atoms with Gasteiger partial charge < -0.3 is 10.7 Å². The summed E-state index contributed by atoms with van der Waals surface area (Å²) < 4.78 is 24.8. The number of nitrogens with one attached hydrogen (secondary N) is 1. The lowest BCUT2D eigenvalue weighted by Gasteiger charge is -2.11. The highest BCUT2D eigenvalue weighted by atomic mass is 35.5. The highest BCUT2D eigenvalue weighted by molar-refractivity contribution is 5.85. The summed E-state index contributed by atoms with van der Waals surface area (Å²) in [6, 6.07) is 5.72. The summed E-state index contributed by atoms with van der Waals surface area (Å²) >= 11 is 0. The molecule has 0 bridgehead atoms. The van der Waals surface area contributed by atoms with Crippen LogP contribution in [0.5, 0.6) is 0 Å². The minimum absolute atomic E-state index is 0. The lowest BCUT2D eigenvalue weighted by molar-refractivity contribution is 0.117. The summed E-state index contributed by atoms with van der Waals surface area (Å²) in [4.78, 5) is 2.95. The van der Waals surface area contributed by atoms with Crippen LogP contribution in [0.3, 0.4) is 0 Å². The largest absolute Gasteiger partial charge is 0.361 e. The molecule has 1 heterocycles. The zero-order valence-corrected chi connectivity index (χ0v) is 8.60. The molecule has 0 radical (unpaired) electrons. The zero-order valence-electron chi connectivity index (χ0n) is 7.78. The molecule has 0 spiro atoms. The quantitative estimate of drug-likeness (QED) is 0.822. The molecule has 1 aromatic heterocycles. The van der Waals surface area contributed by atoms with Crippen LogP contribution in [0.25, 0.3) is 10.9 Å². The van der Waals surface area contributed by atoms with Gasteiger partial charge in [0.2, 0.25) is 0 Å². The number of nitrogens with two attached hydrogens (primary N) is 1. The Morgan fingerprint density at radius 2 is 1.93 bits per heavy atom. The molecule has 2 nitrogen and oxygen atoms in total. The molecular weight excluding hydrogens is 222 g/mol.